The molecule has 9 nitrogen and oxygen atoms in total. The molecule has 46 heavy (non-hydrogen) atoms. The van der Waals surface area contributed by atoms with Crippen LogP contribution in [0.3, 0.4) is 0 Å². The third-order valence-corrected chi connectivity index (χ3v) is 8.28. The Bertz CT molecular complexity index is 1710. The quantitative estimate of drug-likeness (QED) is 0.107. The van der Waals surface area contributed by atoms with Crippen LogP contribution in [0.1, 0.15) is 34.8 Å². The Balaban J connectivity index is 1.59. The smallest absolute Gasteiger partial charge is 0.272 e. The van der Waals surface area contributed by atoms with Crippen molar-refractivity contribution in [1.29, 1.82) is 0 Å². The molecule has 4 aromatic carbocycles. The Labute approximate surface area is 273 Å². The van der Waals surface area contributed by atoms with Crippen LogP contribution in [0.4, 0.5) is 11.4 Å². The summed E-state index contributed by atoms with van der Waals surface area (Å²) < 4.78 is 16.4. The van der Waals surface area contributed by atoms with Crippen LogP contribution in [-0.2, 0) is 9.59 Å². The van der Waals surface area contributed by atoms with Crippen LogP contribution in [0.2, 0.25) is 0 Å². The summed E-state index contributed by atoms with van der Waals surface area (Å²) in [5.74, 6) is 0.144. The normalized spacial score (nSPS) is 11.6. The summed E-state index contributed by atoms with van der Waals surface area (Å²) in [4.78, 5) is 40.7. The lowest BCUT2D eigenvalue weighted by Crippen LogP contribution is -2.30. The van der Waals surface area contributed by atoms with Crippen LogP contribution in [0.25, 0.3) is 6.08 Å². The summed E-state index contributed by atoms with van der Waals surface area (Å²) in [6.45, 7) is 3.94. The molecule has 3 N–H and O–H groups in total. The number of rotatable bonds is 13. The molecule has 3 amide bonds. The number of anilines is 2. The van der Waals surface area contributed by atoms with Crippen LogP contribution < -0.4 is 30.2 Å². The number of carbonyl (C=O) groups is 3. The summed E-state index contributed by atoms with van der Waals surface area (Å²) in [6.07, 6.45) is 2.11. The molecule has 238 valence electrons. The van der Waals surface area contributed by atoms with Crippen LogP contribution >= 0.6 is 11.8 Å². The number of methoxy groups -OCH3 is 3. The molecule has 10 heteroatoms. The summed E-state index contributed by atoms with van der Waals surface area (Å²) in [5.41, 5.74) is 3.17. The number of amides is 3. The van der Waals surface area contributed by atoms with Gasteiger partial charge in [0.2, 0.25) is 5.91 Å². The van der Waals surface area contributed by atoms with Crippen molar-refractivity contribution in [2.75, 3.05) is 32.0 Å². The van der Waals surface area contributed by atoms with E-state index in [1.54, 1.807) is 60.7 Å². The van der Waals surface area contributed by atoms with Crippen molar-refractivity contribution in [1.82, 2.24) is 5.32 Å². The number of hydrogen-bond acceptors (Lipinski definition) is 7. The number of thioether (sulfide) groups is 1. The number of aryl methyl sites for hydroxylation is 1. The largest absolute Gasteiger partial charge is 0.496 e. The first kappa shape index (κ1) is 33.7. The Kier molecular flexibility index (Phi) is 11.9. The zero-order valence-electron chi connectivity index (χ0n) is 26.4. The molecule has 0 fully saturated rings. The maximum atomic E-state index is 13.7. The summed E-state index contributed by atoms with van der Waals surface area (Å²) in [7, 11) is 4.51. The molecular weight excluding hydrogens is 602 g/mol. The standard InChI is InChI=1S/C36H37N3O6S/c1-6-33(36(42)37-26-17-15-23(2)16-18-26)46-28-14-10-13-27(21-28)38-35(41)29(39-34(40)24-11-8-7-9-12-24)19-25-20-31(44-4)32(45-5)22-30(25)43-3/h7-22,33H,6H2,1-5H3,(H,37,42)(H,38,41)(H,39,40)/b29-19+. The van der Waals surface area contributed by atoms with Gasteiger partial charge >= 0.3 is 0 Å². The van der Waals surface area contributed by atoms with Crippen LogP contribution in [-0.4, -0.2) is 44.3 Å². The van der Waals surface area contributed by atoms with Crippen LogP contribution in [0, 0.1) is 6.92 Å². The summed E-state index contributed by atoms with van der Waals surface area (Å²) in [6, 6.07) is 26.7. The van der Waals surface area contributed by atoms with Crippen molar-refractivity contribution < 1.29 is 28.6 Å². The Morgan fingerprint density at radius 2 is 1.43 bits per heavy atom. The Hall–Kier alpha value is -5.22. The van der Waals surface area contributed by atoms with Crippen molar-refractivity contribution in [3.05, 3.63) is 113 Å². The molecule has 0 aromatic heterocycles. The van der Waals surface area contributed by atoms with Gasteiger partial charge in [-0.25, -0.2) is 0 Å². The second-order valence-corrected chi connectivity index (χ2v) is 11.5. The van der Waals surface area contributed by atoms with E-state index in [0.717, 1.165) is 16.1 Å². The summed E-state index contributed by atoms with van der Waals surface area (Å²) in [5, 5.41) is 8.24. The van der Waals surface area contributed by atoms with Gasteiger partial charge in [-0.3, -0.25) is 14.4 Å². The maximum Gasteiger partial charge on any atom is 0.272 e. The Morgan fingerprint density at radius 1 is 0.761 bits per heavy atom. The third-order valence-electron chi connectivity index (χ3n) is 6.92. The molecule has 0 saturated carbocycles. The van der Waals surface area contributed by atoms with Gasteiger partial charge in [-0.15, -0.1) is 11.8 Å². The minimum absolute atomic E-state index is 0.0265. The average molecular weight is 640 g/mol. The molecule has 4 rings (SSSR count). The topological polar surface area (TPSA) is 115 Å². The van der Waals surface area contributed by atoms with Crippen molar-refractivity contribution >= 4 is 46.9 Å². The fourth-order valence-corrected chi connectivity index (χ4v) is 5.47. The van der Waals surface area contributed by atoms with Gasteiger partial charge in [-0.05, 0) is 68.0 Å². The number of hydrogen-bond donors (Lipinski definition) is 3. The van der Waals surface area contributed by atoms with E-state index in [2.05, 4.69) is 16.0 Å². The number of ether oxygens (including phenoxy) is 3. The molecule has 0 spiro atoms. The molecular formula is C36H37N3O6S. The van der Waals surface area contributed by atoms with Gasteiger partial charge in [-0.2, -0.15) is 0 Å². The van der Waals surface area contributed by atoms with Crippen LogP contribution in [0.5, 0.6) is 17.2 Å². The molecule has 0 saturated heterocycles. The molecule has 4 aromatic rings. The van der Waals surface area contributed by atoms with Gasteiger partial charge in [0.15, 0.2) is 11.5 Å². The van der Waals surface area contributed by atoms with Crippen molar-refractivity contribution in [3.8, 4) is 17.2 Å². The number of carbonyl (C=O) groups excluding carboxylic acids is 3. The molecule has 0 aliphatic heterocycles. The molecule has 0 bridgehead atoms. The van der Waals surface area contributed by atoms with Gasteiger partial charge in [0, 0.05) is 33.5 Å². The van der Waals surface area contributed by atoms with E-state index >= 15 is 0 Å². The molecule has 0 aliphatic rings. The predicted molar refractivity (Wildman–Crippen MR) is 183 cm³/mol. The number of nitrogens with one attached hydrogen (secondary N) is 3. The lowest BCUT2D eigenvalue weighted by atomic mass is 10.1. The lowest BCUT2D eigenvalue weighted by Gasteiger charge is -2.16. The van der Waals surface area contributed by atoms with Crippen molar-refractivity contribution in [3.63, 3.8) is 0 Å². The fourth-order valence-electron chi connectivity index (χ4n) is 4.46. The highest BCUT2D eigenvalue weighted by Gasteiger charge is 2.20. The minimum Gasteiger partial charge on any atom is -0.496 e. The van der Waals surface area contributed by atoms with E-state index in [1.165, 1.54) is 39.2 Å². The zero-order chi connectivity index (χ0) is 33.1. The lowest BCUT2D eigenvalue weighted by molar-refractivity contribution is -0.116. The average Bonchev–Trinajstić information content (AvgIpc) is 3.08. The molecule has 0 aliphatic carbocycles. The Morgan fingerprint density at radius 3 is 2.09 bits per heavy atom. The maximum absolute atomic E-state index is 13.7. The highest BCUT2D eigenvalue weighted by atomic mass is 32.2. The number of benzene rings is 4. The van der Waals surface area contributed by atoms with Crippen molar-refractivity contribution in [2.45, 2.75) is 30.4 Å². The van der Waals surface area contributed by atoms with E-state index in [0.29, 0.717) is 40.5 Å². The SMILES string of the molecule is CCC(Sc1cccc(NC(=O)/C(=C\c2cc(OC)c(OC)cc2OC)NC(=O)c2ccccc2)c1)C(=O)Nc1ccc(C)cc1. The van der Waals surface area contributed by atoms with Gasteiger partial charge in [0.1, 0.15) is 11.4 Å². The first-order chi connectivity index (χ1) is 22.2. The third kappa shape index (κ3) is 8.92. The molecule has 0 radical (unpaired) electrons. The van der Waals surface area contributed by atoms with Gasteiger partial charge in [-0.1, -0.05) is 48.9 Å². The first-order valence-corrected chi connectivity index (χ1v) is 15.5. The highest BCUT2D eigenvalue weighted by molar-refractivity contribution is 8.00. The van der Waals surface area contributed by atoms with E-state index in [1.807, 2.05) is 44.2 Å². The second-order valence-electron chi connectivity index (χ2n) is 10.2. The van der Waals surface area contributed by atoms with E-state index < -0.39 is 11.8 Å². The highest BCUT2D eigenvalue weighted by Crippen LogP contribution is 2.36. The van der Waals surface area contributed by atoms with E-state index in [4.69, 9.17) is 14.2 Å². The van der Waals surface area contributed by atoms with Crippen LogP contribution in [0.15, 0.2) is 102 Å². The van der Waals surface area contributed by atoms with E-state index in [9.17, 15) is 14.4 Å². The second kappa shape index (κ2) is 16.2. The monoisotopic (exact) mass is 639 g/mol. The van der Waals surface area contributed by atoms with Gasteiger partial charge in [0.25, 0.3) is 11.8 Å². The van der Waals surface area contributed by atoms with E-state index in [-0.39, 0.29) is 16.9 Å². The minimum atomic E-state index is -0.563. The molecule has 0 heterocycles. The summed E-state index contributed by atoms with van der Waals surface area (Å²) >= 11 is 1.40. The predicted octanol–water partition coefficient (Wildman–Crippen LogP) is 6.94. The molecule has 1 atom stereocenters. The zero-order valence-corrected chi connectivity index (χ0v) is 27.2. The fraction of sp³-hybridized carbons (Fsp3) is 0.194. The van der Waals surface area contributed by atoms with Crippen molar-refractivity contribution in [2.24, 2.45) is 0 Å². The first-order valence-electron chi connectivity index (χ1n) is 14.6. The molecule has 1 unspecified atom stereocenters. The van der Waals surface area contributed by atoms with Gasteiger partial charge in [0.05, 0.1) is 26.6 Å². The van der Waals surface area contributed by atoms with Gasteiger partial charge < -0.3 is 30.2 Å².